The van der Waals surface area contributed by atoms with Crippen LogP contribution in [0.1, 0.15) is 30.5 Å². The highest BCUT2D eigenvalue weighted by Crippen LogP contribution is 2.49. The van der Waals surface area contributed by atoms with Gasteiger partial charge in [0, 0.05) is 5.41 Å². The highest BCUT2D eigenvalue weighted by Gasteiger charge is 2.35. The highest BCUT2D eigenvalue weighted by atomic mass is 19.1. The number of halogens is 1. The lowest BCUT2D eigenvalue weighted by atomic mass is 9.81. The molecule has 1 heteroatoms. The van der Waals surface area contributed by atoms with E-state index in [0.717, 1.165) is 16.7 Å². The van der Waals surface area contributed by atoms with Crippen LogP contribution in [0.2, 0.25) is 0 Å². The lowest BCUT2D eigenvalue weighted by Gasteiger charge is -2.22. The van der Waals surface area contributed by atoms with Crippen molar-refractivity contribution in [1.82, 2.24) is 0 Å². The minimum Gasteiger partial charge on any atom is -0.207 e. The van der Waals surface area contributed by atoms with Crippen molar-refractivity contribution >= 4 is 0 Å². The summed E-state index contributed by atoms with van der Waals surface area (Å²) in [4.78, 5) is 0. The molecule has 0 heterocycles. The average molecular weight is 302 g/mol. The molecule has 0 fully saturated rings. The molecule has 114 valence electrons. The van der Waals surface area contributed by atoms with Crippen LogP contribution in [0.25, 0.3) is 22.3 Å². The molecule has 0 bridgehead atoms. The Bertz CT molecular complexity index is 899. The maximum absolute atomic E-state index is 13.8. The Hall–Kier alpha value is -2.41. The maximum Gasteiger partial charge on any atom is 0.124 e. The summed E-state index contributed by atoms with van der Waals surface area (Å²) in [7, 11) is 0. The second-order valence-electron chi connectivity index (χ2n) is 6.95. The zero-order valence-electron chi connectivity index (χ0n) is 13.7. The molecule has 4 rings (SSSR count). The molecule has 0 unspecified atom stereocenters. The van der Waals surface area contributed by atoms with E-state index in [0.29, 0.717) is 0 Å². The highest BCUT2D eigenvalue weighted by molar-refractivity contribution is 5.83. The molecule has 0 spiro atoms. The zero-order chi connectivity index (χ0) is 16.2. The summed E-state index contributed by atoms with van der Waals surface area (Å²) in [5, 5.41) is 0. The second-order valence-corrected chi connectivity index (χ2v) is 6.95. The Kier molecular flexibility index (Phi) is 2.96. The van der Waals surface area contributed by atoms with Crippen LogP contribution in [0.4, 0.5) is 4.39 Å². The van der Waals surface area contributed by atoms with E-state index in [-0.39, 0.29) is 11.2 Å². The van der Waals surface area contributed by atoms with Crippen molar-refractivity contribution in [2.45, 2.75) is 26.2 Å². The van der Waals surface area contributed by atoms with Crippen LogP contribution in [0.3, 0.4) is 0 Å². The van der Waals surface area contributed by atoms with Crippen molar-refractivity contribution in [3.05, 3.63) is 83.2 Å². The molecular weight excluding hydrogens is 283 g/mol. The summed E-state index contributed by atoms with van der Waals surface area (Å²) in [5.74, 6) is -0.178. The maximum atomic E-state index is 13.8. The van der Waals surface area contributed by atoms with Crippen LogP contribution in [-0.2, 0) is 5.41 Å². The van der Waals surface area contributed by atoms with Gasteiger partial charge in [-0.25, -0.2) is 4.39 Å². The van der Waals surface area contributed by atoms with E-state index in [4.69, 9.17) is 0 Å². The van der Waals surface area contributed by atoms with Crippen molar-refractivity contribution in [3.63, 3.8) is 0 Å². The van der Waals surface area contributed by atoms with Gasteiger partial charge < -0.3 is 0 Å². The van der Waals surface area contributed by atoms with Crippen molar-refractivity contribution in [2.24, 2.45) is 0 Å². The van der Waals surface area contributed by atoms with Gasteiger partial charge in [0.2, 0.25) is 0 Å². The molecule has 3 aromatic carbocycles. The predicted octanol–water partition coefficient (Wildman–Crippen LogP) is 6.11. The van der Waals surface area contributed by atoms with E-state index >= 15 is 0 Å². The lowest BCUT2D eigenvalue weighted by molar-refractivity contribution is 0.627. The average Bonchev–Trinajstić information content (AvgIpc) is 2.75. The van der Waals surface area contributed by atoms with Gasteiger partial charge in [-0.1, -0.05) is 56.3 Å². The molecule has 0 atom stereocenters. The van der Waals surface area contributed by atoms with Gasteiger partial charge >= 0.3 is 0 Å². The molecule has 0 saturated carbocycles. The minimum absolute atomic E-state index is 0.0235. The van der Waals surface area contributed by atoms with E-state index < -0.39 is 0 Å². The first-order valence-corrected chi connectivity index (χ1v) is 7.99. The topological polar surface area (TPSA) is 0 Å². The van der Waals surface area contributed by atoms with Crippen LogP contribution >= 0.6 is 0 Å². The van der Waals surface area contributed by atoms with Gasteiger partial charge in [0.05, 0.1) is 0 Å². The third-order valence-corrected chi connectivity index (χ3v) is 4.96. The van der Waals surface area contributed by atoms with E-state index in [9.17, 15) is 4.39 Å². The second kappa shape index (κ2) is 4.79. The third kappa shape index (κ3) is 2.11. The number of hydrogen-bond acceptors (Lipinski definition) is 0. The largest absolute Gasteiger partial charge is 0.207 e. The molecule has 1 aliphatic carbocycles. The molecule has 1 aliphatic rings. The Morgan fingerprint density at radius 2 is 1.48 bits per heavy atom. The Morgan fingerprint density at radius 3 is 2.26 bits per heavy atom. The van der Waals surface area contributed by atoms with Crippen molar-refractivity contribution in [2.75, 3.05) is 0 Å². The first-order valence-electron chi connectivity index (χ1n) is 7.99. The van der Waals surface area contributed by atoms with Crippen LogP contribution in [-0.4, -0.2) is 0 Å². The molecule has 3 aromatic rings. The van der Waals surface area contributed by atoms with Gasteiger partial charge in [0.1, 0.15) is 5.82 Å². The summed E-state index contributed by atoms with van der Waals surface area (Å²) in [6.07, 6.45) is 0. The van der Waals surface area contributed by atoms with Gasteiger partial charge in [0.25, 0.3) is 0 Å². The van der Waals surface area contributed by atoms with Crippen LogP contribution in [0.15, 0.2) is 60.7 Å². The van der Waals surface area contributed by atoms with E-state index in [1.54, 1.807) is 12.1 Å². The number of fused-ring (bicyclic) bond motifs is 3. The Balaban J connectivity index is 1.92. The van der Waals surface area contributed by atoms with E-state index in [2.05, 4.69) is 56.3 Å². The third-order valence-electron chi connectivity index (χ3n) is 4.96. The summed E-state index contributed by atoms with van der Waals surface area (Å²) >= 11 is 0. The van der Waals surface area contributed by atoms with Gasteiger partial charge in [-0.2, -0.15) is 0 Å². The first-order chi connectivity index (χ1) is 11.0. The molecule has 0 radical (unpaired) electrons. The molecule has 0 saturated heterocycles. The summed E-state index contributed by atoms with van der Waals surface area (Å²) in [5.41, 5.74) is 8.23. The summed E-state index contributed by atoms with van der Waals surface area (Å²) < 4.78 is 13.8. The van der Waals surface area contributed by atoms with Gasteiger partial charge in [0.15, 0.2) is 0 Å². The SMILES string of the molecule is Cc1cc(F)cc(-c2ccc3c(c2)C(C)(C)c2ccccc2-3)c1. The van der Waals surface area contributed by atoms with Crippen molar-refractivity contribution < 1.29 is 4.39 Å². The van der Waals surface area contributed by atoms with Gasteiger partial charge in [-0.05, 0) is 64.1 Å². The number of rotatable bonds is 1. The predicted molar refractivity (Wildman–Crippen MR) is 94.1 cm³/mol. The molecule has 0 amide bonds. The molecule has 0 N–H and O–H groups in total. The fourth-order valence-electron chi connectivity index (χ4n) is 3.79. The quantitative estimate of drug-likeness (QED) is 0.509. The molecule has 0 nitrogen and oxygen atoms in total. The fraction of sp³-hybridized carbons (Fsp3) is 0.182. The number of benzene rings is 3. The lowest BCUT2D eigenvalue weighted by Crippen LogP contribution is -2.14. The first kappa shape index (κ1) is 14.2. The summed E-state index contributed by atoms with van der Waals surface area (Å²) in [6, 6.07) is 20.3. The molecule has 0 aromatic heterocycles. The fourth-order valence-corrected chi connectivity index (χ4v) is 3.79. The molecule has 23 heavy (non-hydrogen) atoms. The summed E-state index contributed by atoms with van der Waals surface area (Å²) in [6.45, 7) is 6.45. The minimum atomic E-state index is -0.178. The zero-order valence-corrected chi connectivity index (χ0v) is 13.7. The van der Waals surface area contributed by atoms with Gasteiger partial charge in [-0.3, -0.25) is 0 Å². The molecular formula is C22H19F. The molecule has 0 aliphatic heterocycles. The van der Waals surface area contributed by atoms with Crippen molar-refractivity contribution in [1.29, 1.82) is 0 Å². The van der Waals surface area contributed by atoms with E-state index in [1.807, 2.05) is 13.0 Å². The smallest absolute Gasteiger partial charge is 0.124 e. The normalized spacial score (nSPS) is 14.4. The number of hydrogen-bond donors (Lipinski definition) is 0. The standard InChI is InChI=1S/C22H19F/c1-14-10-16(12-17(23)11-14)15-8-9-19-18-6-4-5-7-20(18)22(2,3)21(19)13-15/h4-13H,1-3H3. The van der Waals surface area contributed by atoms with E-state index in [1.165, 1.54) is 22.3 Å². The Morgan fingerprint density at radius 1 is 0.739 bits per heavy atom. The van der Waals surface area contributed by atoms with Crippen LogP contribution in [0, 0.1) is 12.7 Å². The Labute approximate surface area is 136 Å². The van der Waals surface area contributed by atoms with Crippen LogP contribution < -0.4 is 0 Å². The van der Waals surface area contributed by atoms with Crippen LogP contribution in [0.5, 0.6) is 0 Å². The number of aryl methyl sites for hydroxylation is 1. The van der Waals surface area contributed by atoms with Crippen molar-refractivity contribution in [3.8, 4) is 22.3 Å². The van der Waals surface area contributed by atoms with Gasteiger partial charge in [-0.15, -0.1) is 0 Å². The monoisotopic (exact) mass is 302 g/mol.